The van der Waals surface area contributed by atoms with Crippen LogP contribution in [0.15, 0.2) is 30.3 Å². The van der Waals surface area contributed by atoms with Gasteiger partial charge in [0.1, 0.15) is 0 Å². The fourth-order valence-corrected chi connectivity index (χ4v) is 2.49. The van der Waals surface area contributed by atoms with Crippen molar-refractivity contribution in [3.8, 4) is 11.8 Å². The maximum atomic E-state index is 9.86. The van der Waals surface area contributed by atoms with Gasteiger partial charge in [-0.15, -0.1) is 0 Å². The summed E-state index contributed by atoms with van der Waals surface area (Å²) in [6.07, 6.45) is -0.144. The SMILES string of the molecule is CC(C)(C)[Si](C)(C)OCC#CCC(O)COCc1ccccc1. The summed E-state index contributed by atoms with van der Waals surface area (Å²) in [5, 5.41) is 10.0. The zero-order valence-electron chi connectivity index (χ0n) is 15.1. The average molecular weight is 335 g/mol. The van der Waals surface area contributed by atoms with Gasteiger partial charge in [0.25, 0.3) is 0 Å². The quantitative estimate of drug-likeness (QED) is 0.605. The molecule has 1 unspecified atom stereocenters. The summed E-state index contributed by atoms with van der Waals surface area (Å²) in [6.45, 7) is 12.3. The second-order valence-electron chi connectivity index (χ2n) is 7.26. The largest absolute Gasteiger partial charge is 0.406 e. The molecule has 128 valence electrons. The lowest BCUT2D eigenvalue weighted by atomic mass is 10.2. The predicted molar refractivity (Wildman–Crippen MR) is 97.6 cm³/mol. The molecule has 0 saturated carbocycles. The lowest BCUT2D eigenvalue weighted by molar-refractivity contribution is 0.0311. The number of rotatable bonds is 7. The van der Waals surface area contributed by atoms with Crippen LogP contribution in [-0.2, 0) is 15.8 Å². The summed E-state index contributed by atoms with van der Waals surface area (Å²) >= 11 is 0. The molecule has 0 spiro atoms. The van der Waals surface area contributed by atoms with Crippen LogP contribution in [0.5, 0.6) is 0 Å². The number of ether oxygens (including phenoxy) is 1. The van der Waals surface area contributed by atoms with E-state index in [0.29, 0.717) is 26.2 Å². The van der Waals surface area contributed by atoms with Crippen molar-refractivity contribution < 1.29 is 14.3 Å². The Bertz CT molecular complexity index is 509. The smallest absolute Gasteiger partial charge is 0.193 e. The van der Waals surface area contributed by atoms with Crippen LogP contribution in [-0.4, -0.2) is 32.7 Å². The molecule has 0 aliphatic rings. The minimum atomic E-state index is -1.73. The predicted octanol–water partition coefficient (Wildman–Crippen LogP) is 3.98. The molecule has 1 aromatic carbocycles. The lowest BCUT2D eigenvalue weighted by Crippen LogP contribution is -2.40. The van der Waals surface area contributed by atoms with E-state index < -0.39 is 14.4 Å². The van der Waals surface area contributed by atoms with Gasteiger partial charge in [-0.2, -0.15) is 0 Å². The molecule has 0 aliphatic carbocycles. The van der Waals surface area contributed by atoms with Crippen LogP contribution < -0.4 is 0 Å². The standard InChI is InChI=1S/C19H30O3Si/c1-19(2,3)23(4,5)22-14-10-9-13-18(20)16-21-15-17-11-7-6-8-12-17/h6-8,11-12,18,20H,13-16H2,1-5H3. The molecule has 0 aliphatic heterocycles. The van der Waals surface area contributed by atoms with Crippen molar-refractivity contribution in [2.75, 3.05) is 13.2 Å². The van der Waals surface area contributed by atoms with Crippen molar-refractivity contribution in [1.82, 2.24) is 0 Å². The van der Waals surface area contributed by atoms with Gasteiger partial charge in [0.05, 0.1) is 25.9 Å². The van der Waals surface area contributed by atoms with Crippen LogP contribution in [0.3, 0.4) is 0 Å². The van der Waals surface area contributed by atoms with Crippen molar-refractivity contribution in [3.05, 3.63) is 35.9 Å². The Labute approximate surface area is 142 Å². The van der Waals surface area contributed by atoms with Crippen LogP contribution in [0.25, 0.3) is 0 Å². The highest BCUT2D eigenvalue weighted by Crippen LogP contribution is 2.36. The molecule has 0 heterocycles. The molecule has 0 bridgehead atoms. The second-order valence-corrected chi connectivity index (χ2v) is 12.1. The number of aliphatic hydroxyl groups is 1. The molecule has 1 N–H and O–H groups in total. The summed E-state index contributed by atoms with van der Waals surface area (Å²) in [5.74, 6) is 5.97. The van der Waals surface area contributed by atoms with Gasteiger partial charge in [-0.25, -0.2) is 0 Å². The van der Waals surface area contributed by atoms with Crippen LogP contribution in [0, 0.1) is 11.8 Å². The van der Waals surface area contributed by atoms with E-state index in [2.05, 4.69) is 45.7 Å². The van der Waals surface area contributed by atoms with E-state index in [1.165, 1.54) is 0 Å². The first kappa shape index (κ1) is 19.9. The molecule has 0 amide bonds. The molecule has 0 radical (unpaired) electrons. The second kappa shape index (κ2) is 9.24. The van der Waals surface area contributed by atoms with Gasteiger partial charge in [-0.05, 0) is 23.7 Å². The lowest BCUT2D eigenvalue weighted by Gasteiger charge is -2.35. The van der Waals surface area contributed by atoms with Gasteiger partial charge in [0, 0.05) is 6.42 Å². The van der Waals surface area contributed by atoms with E-state index >= 15 is 0 Å². The van der Waals surface area contributed by atoms with Crippen molar-refractivity contribution in [3.63, 3.8) is 0 Å². The summed E-state index contributed by atoms with van der Waals surface area (Å²) in [4.78, 5) is 0. The molecule has 0 saturated heterocycles. The summed E-state index contributed by atoms with van der Waals surface area (Å²) in [7, 11) is -1.73. The van der Waals surface area contributed by atoms with Crippen LogP contribution in [0.4, 0.5) is 0 Å². The van der Waals surface area contributed by atoms with Gasteiger partial charge in [0.15, 0.2) is 8.32 Å². The summed E-state index contributed by atoms with van der Waals surface area (Å²) < 4.78 is 11.5. The van der Waals surface area contributed by atoms with Gasteiger partial charge < -0.3 is 14.3 Å². The normalized spacial score (nSPS) is 13.3. The molecule has 23 heavy (non-hydrogen) atoms. The van der Waals surface area contributed by atoms with Crippen LogP contribution >= 0.6 is 0 Å². The Morgan fingerprint density at radius 2 is 1.78 bits per heavy atom. The molecular formula is C19H30O3Si. The Morgan fingerprint density at radius 1 is 1.13 bits per heavy atom. The molecule has 1 aromatic rings. The van der Waals surface area contributed by atoms with Crippen molar-refractivity contribution in [1.29, 1.82) is 0 Å². The van der Waals surface area contributed by atoms with Crippen molar-refractivity contribution in [2.45, 2.75) is 58.0 Å². The van der Waals surface area contributed by atoms with Gasteiger partial charge in [0.2, 0.25) is 0 Å². The molecule has 1 atom stereocenters. The Hall–Kier alpha value is -1.12. The van der Waals surface area contributed by atoms with Gasteiger partial charge in [-0.1, -0.05) is 62.9 Å². The zero-order chi connectivity index (χ0) is 17.3. The van der Waals surface area contributed by atoms with E-state index in [-0.39, 0.29) is 5.04 Å². The first-order valence-corrected chi connectivity index (χ1v) is 11.0. The average Bonchev–Trinajstić information content (AvgIpc) is 2.46. The maximum Gasteiger partial charge on any atom is 0.193 e. The fourth-order valence-electron chi connectivity index (χ4n) is 1.62. The molecular weight excluding hydrogens is 304 g/mol. The first-order chi connectivity index (χ1) is 10.7. The first-order valence-electron chi connectivity index (χ1n) is 8.12. The van der Waals surface area contributed by atoms with Crippen molar-refractivity contribution in [2.24, 2.45) is 0 Å². The highest BCUT2D eigenvalue weighted by Gasteiger charge is 2.36. The topological polar surface area (TPSA) is 38.7 Å². The monoisotopic (exact) mass is 334 g/mol. The molecule has 0 aromatic heterocycles. The third kappa shape index (κ3) is 7.80. The molecule has 0 fully saturated rings. The number of hydrogen-bond acceptors (Lipinski definition) is 3. The third-order valence-corrected chi connectivity index (χ3v) is 8.67. The molecule has 3 nitrogen and oxygen atoms in total. The van der Waals surface area contributed by atoms with Crippen molar-refractivity contribution >= 4 is 8.32 Å². The third-order valence-electron chi connectivity index (χ3n) is 4.20. The van der Waals surface area contributed by atoms with Crippen LogP contribution in [0.2, 0.25) is 18.1 Å². The number of hydrogen-bond donors (Lipinski definition) is 1. The summed E-state index contributed by atoms with van der Waals surface area (Å²) in [6, 6.07) is 9.93. The Balaban J connectivity index is 2.20. The molecule has 1 rings (SSSR count). The Kier molecular flexibility index (Phi) is 8.00. The van der Waals surface area contributed by atoms with Crippen LogP contribution in [0.1, 0.15) is 32.8 Å². The fraction of sp³-hybridized carbons (Fsp3) is 0.579. The van der Waals surface area contributed by atoms with E-state index in [1.54, 1.807) is 0 Å². The minimum absolute atomic E-state index is 0.194. The minimum Gasteiger partial charge on any atom is -0.406 e. The number of aliphatic hydroxyl groups excluding tert-OH is 1. The maximum absolute atomic E-state index is 9.86. The highest BCUT2D eigenvalue weighted by atomic mass is 28.4. The Morgan fingerprint density at radius 3 is 2.39 bits per heavy atom. The zero-order valence-corrected chi connectivity index (χ0v) is 16.1. The van der Waals surface area contributed by atoms with E-state index in [0.717, 1.165) is 5.56 Å². The van der Waals surface area contributed by atoms with E-state index in [9.17, 15) is 5.11 Å². The number of benzene rings is 1. The van der Waals surface area contributed by atoms with E-state index in [1.807, 2.05) is 30.3 Å². The van der Waals surface area contributed by atoms with E-state index in [4.69, 9.17) is 9.16 Å². The van der Waals surface area contributed by atoms with Gasteiger partial charge >= 0.3 is 0 Å². The highest BCUT2D eigenvalue weighted by molar-refractivity contribution is 6.74. The van der Waals surface area contributed by atoms with Gasteiger partial charge in [-0.3, -0.25) is 0 Å². The molecule has 4 heteroatoms. The summed E-state index contributed by atoms with van der Waals surface area (Å²) in [5.41, 5.74) is 1.11.